The molecule has 0 unspecified atom stereocenters. The SMILES string of the molecule is NC(=O)c1ncc(Cl)cc1OC[C@H]1CCCN1C(=O)C1CCC(C(F)(F)F)CC1. The fraction of sp³-hybridized carbons (Fsp3) is 0.632. The number of hydrogen-bond acceptors (Lipinski definition) is 4. The minimum absolute atomic E-state index is 0.00886. The molecule has 29 heavy (non-hydrogen) atoms. The number of likely N-dealkylation sites (tertiary alicyclic amines) is 1. The van der Waals surface area contributed by atoms with Crippen LogP contribution in [0.2, 0.25) is 5.02 Å². The van der Waals surface area contributed by atoms with Gasteiger partial charge in [0.2, 0.25) is 5.91 Å². The second kappa shape index (κ2) is 8.77. The molecule has 1 saturated heterocycles. The van der Waals surface area contributed by atoms with E-state index in [-0.39, 0.29) is 66.6 Å². The standard InChI is InChI=1S/C19H23ClF3N3O3/c20-13-8-15(16(17(24)27)25-9-13)29-10-14-2-1-7-26(14)18(28)11-3-5-12(6-4-11)19(21,22)23/h8-9,11-12,14H,1-7,10H2,(H2,24,27)/t11?,12?,14-/m1/s1. The number of primary amides is 1. The molecule has 10 heteroatoms. The van der Waals surface area contributed by atoms with E-state index in [1.165, 1.54) is 12.3 Å². The Morgan fingerprint density at radius 3 is 2.55 bits per heavy atom. The molecule has 2 aliphatic rings. The lowest BCUT2D eigenvalue weighted by atomic mass is 9.81. The molecule has 1 aliphatic heterocycles. The van der Waals surface area contributed by atoms with E-state index in [0.29, 0.717) is 13.0 Å². The summed E-state index contributed by atoms with van der Waals surface area (Å²) < 4.78 is 44.3. The van der Waals surface area contributed by atoms with E-state index in [1.54, 1.807) is 4.90 Å². The van der Waals surface area contributed by atoms with Gasteiger partial charge in [-0.25, -0.2) is 4.98 Å². The maximum Gasteiger partial charge on any atom is 0.391 e. The van der Waals surface area contributed by atoms with Gasteiger partial charge in [-0.2, -0.15) is 13.2 Å². The number of nitrogens with two attached hydrogens (primary N) is 1. The summed E-state index contributed by atoms with van der Waals surface area (Å²) in [6.45, 7) is 0.675. The van der Waals surface area contributed by atoms with Gasteiger partial charge in [-0.15, -0.1) is 0 Å². The zero-order valence-electron chi connectivity index (χ0n) is 15.8. The predicted molar refractivity (Wildman–Crippen MR) is 99.5 cm³/mol. The largest absolute Gasteiger partial charge is 0.489 e. The summed E-state index contributed by atoms with van der Waals surface area (Å²) >= 11 is 5.90. The lowest BCUT2D eigenvalue weighted by Crippen LogP contribution is -2.44. The lowest BCUT2D eigenvalue weighted by Gasteiger charge is -2.33. The third-order valence-electron chi connectivity index (χ3n) is 5.68. The van der Waals surface area contributed by atoms with Gasteiger partial charge in [0.1, 0.15) is 6.61 Å². The Labute approximate surface area is 171 Å². The summed E-state index contributed by atoms with van der Waals surface area (Å²) in [6, 6.07) is 1.22. The number of carbonyl (C=O) groups excluding carboxylic acids is 2. The molecule has 1 aliphatic carbocycles. The van der Waals surface area contributed by atoms with Crippen LogP contribution in [0.1, 0.15) is 49.0 Å². The molecule has 2 N–H and O–H groups in total. The molecule has 0 aromatic carbocycles. The smallest absolute Gasteiger partial charge is 0.391 e. The van der Waals surface area contributed by atoms with Crippen LogP contribution >= 0.6 is 11.6 Å². The van der Waals surface area contributed by atoms with Gasteiger partial charge in [-0.05, 0) is 38.5 Å². The van der Waals surface area contributed by atoms with E-state index in [4.69, 9.17) is 22.1 Å². The number of carbonyl (C=O) groups is 2. The fourth-order valence-corrected chi connectivity index (χ4v) is 4.25. The minimum Gasteiger partial charge on any atom is -0.489 e. The number of rotatable bonds is 5. The Hall–Kier alpha value is -2.03. The highest BCUT2D eigenvalue weighted by molar-refractivity contribution is 6.30. The molecular weight excluding hydrogens is 411 g/mol. The third kappa shape index (κ3) is 5.12. The first kappa shape index (κ1) is 21.7. The summed E-state index contributed by atoms with van der Waals surface area (Å²) in [5.41, 5.74) is 5.25. The van der Waals surface area contributed by atoms with Crippen LogP contribution in [0.25, 0.3) is 0 Å². The van der Waals surface area contributed by atoms with Gasteiger partial charge in [0.15, 0.2) is 11.4 Å². The molecule has 1 aromatic heterocycles. The normalized spacial score (nSPS) is 25.1. The molecule has 6 nitrogen and oxygen atoms in total. The van der Waals surface area contributed by atoms with Crippen LogP contribution in [0.15, 0.2) is 12.3 Å². The fourth-order valence-electron chi connectivity index (χ4n) is 4.10. The van der Waals surface area contributed by atoms with Crippen molar-refractivity contribution < 1.29 is 27.5 Å². The molecule has 2 heterocycles. The van der Waals surface area contributed by atoms with Crippen LogP contribution < -0.4 is 10.5 Å². The maximum atomic E-state index is 12.9. The summed E-state index contributed by atoms with van der Waals surface area (Å²) in [5.74, 6) is -2.42. The van der Waals surface area contributed by atoms with Crippen LogP contribution in [0.4, 0.5) is 13.2 Å². The van der Waals surface area contributed by atoms with E-state index < -0.39 is 18.0 Å². The summed E-state index contributed by atoms with van der Waals surface area (Å²) in [4.78, 5) is 30.0. The Bertz CT molecular complexity index is 767. The van der Waals surface area contributed by atoms with E-state index >= 15 is 0 Å². The monoisotopic (exact) mass is 433 g/mol. The molecular formula is C19H23ClF3N3O3. The number of pyridine rings is 1. The highest BCUT2D eigenvalue weighted by Gasteiger charge is 2.44. The van der Waals surface area contributed by atoms with Gasteiger partial charge in [0.05, 0.1) is 17.0 Å². The average molecular weight is 434 g/mol. The first-order chi connectivity index (χ1) is 13.7. The second-order valence-electron chi connectivity index (χ2n) is 7.59. The highest BCUT2D eigenvalue weighted by Crippen LogP contribution is 2.40. The van der Waals surface area contributed by atoms with E-state index in [0.717, 1.165) is 6.42 Å². The number of aromatic nitrogens is 1. The van der Waals surface area contributed by atoms with Gasteiger partial charge in [-0.1, -0.05) is 11.6 Å². The number of halogens is 4. The first-order valence-electron chi connectivity index (χ1n) is 9.62. The van der Waals surface area contributed by atoms with Crippen molar-refractivity contribution in [3.05, 3.63) is 23.0 Å². The van der Waals surface area contributed by atoms with Gasteiger partial charge in [0.25, 0.3) is 5.91 Å². The van der Waals surface area contributed by atoms with E-state index in [1.807, 2.05) is 0 Å². The minimum atomic E-state index is -4.19. The molecule has 0 spiro atoms. The Morgan fingerprint density at radius 2 is 1.93 bits per heavy atom. The Kier molecular flexibility index (Phi) is 6.55. The first-order valence-corrected chi connectivity index (χ1v) is 10.00. The number of hydrogen-bond donors (Lipinski definition) is 1. The van der Waals surface area contributed by atoms with Crippen molar-refractivity contribution in [3.63, 3.8) is 0 Å². The van der Waals surface area contributed by atoms with Crippen LogP contribution in [-0.2, 0) is 4.79 Å². The molecule has 1 atom stereocenters. The average Bonchev–Trinajstić information content (AvgIpc) is 3.13. The quantitative estimate of drug-likeness (QED) is 0.769. The number of amides is 2. The molecule has 0 radical (unpaired) electrons. The molecule has 3 rings (SSSR count). The third-order valence-corrected chi connectivity index (χ3v) is 5.89. The topological polar surface area (TPSA) is 85.5 Å². The van der Waals surface area contributed by atoms with Crippen LogP contribution in [0, 0.1) is 11.8 Å². The van der Waals surface area contributed by atoms with Gasteiger partial charge in [-0.3, -0.25) is 9.59 Å². The lowest BCUT2D eigenvalue weighted by molar-refractivity contribution is -0.185. The Balaban J connectivity index is 1.60. The van der Waals surface area contributed by atoms with Crippen LogP contribution in [0.5, 0.6) is 5.75 Å². The van der Waals surface area contributed by atoms with Crippen LogP contribution in [0.3, 0.4) is 0 Å². The summed E-state index contributed by atoms with van der Waals surface area (Å²) in [5, 5.41) is 0.283. The summed E-state index contributed by atoms with van der Waals surface area (Å²) in [6.07, 6.45) is -0.930. The van der Waals surface area contributed by atoms with Crippen molar-refractivity contribution in [2.24, 2.45) is 17.6 Å². The van der Waals surface area contributed by atoms with Crippen molar-refractivity contribution in [2.45, 2.75) is 50.7 Å². The number of alkyl halides is 3. The second-order valence-corrected chi connectivity index (χ2v) is 8.03. The van der Waals surface area contributed by atoms with Crippen molar-refractivity contribution in [1.29, 1.82) is 0 Å². The van der Waals surface area contributed by atoms with Gasteiger partial charge < -0.3 is 15.4 Å². The molecule has 2 amide bonds. The zero-order chi connectivity index (χ0) is 21.2. The van der Waals surface area contributed by atoms with Gasteiger partial charge >= 0.3 is 6.18 Å². The van der Waals surface area contributed by atoms with E-state index in [2.05, 4.69) is 4.98 Å². The summed E-state index contributed by atoms with van der Waals surface area (Å²) in [7, 11) is 0. The zero-order valence-corrected chi connectivity index (χ0v) is 16.5. The molecule has 0 bridgehead atoms. The van der Waals surface area contributed by atoms with Crippen molar-refractivity contribution in [2.75, 3.05) is 13.2 Å². The van der Waals surface area contributed by atoms with Crippen molar-refractivity contribution in [3.8, 4) is 5.75 Å². The van der Waals surface area contributed by atoms with Gasteiger partial charge in [0, 0.05) is 24.7 Å². The molecule has 1 saturated carbocycles. The van der Waals surface area contributed by atoms with E-state index in [9.17, 15) is 22.8 Å². The van der Waals surface area contributed by atoms with Crippen molar-refractivity contribution >= 4 is 23.4 Å². The molecule has 160 valence electrons. The van der Waals surface area contributed by atoms with Crippen molar-refractivity contribution in [1.82, 2.24) is 9.88 Å². The predicted octanol–water partition coefficient (Wildman–Crippen LogP) is 3.57. The molecule has 1 aromatic rings. The molecule has 2 fully saturated rings. The maximum absolute atomic E-state index is 12.9. The highest BCUT2D eigenvalue weighted by atomic mass is 35.5. The number of nitrogens with zero attached hydrogens (tertiary/aromatic N) is 2. The van der Waals surface area contributed by atoms with Crippen LogP contribution in [-0.4, -0.2) is 47.1 Å². The number of ether oxygens (including phenoxy) is 1. The Morgan fingerprint density at radius 1 is 1.24 bits per heavy atom.